The number of aromatic amines is 1. The summed E-state index contributed by atoms with van der Waals surface area (Å²) in [4.78, 5) is 30.4. The highest BCUT2D eigenvalue weighted by Crippen LogP contribution is 2.32. The number of unbranched alkanes of at least 4 members (excludes halogenated alkanes) is 1. The van der Waals surface area contributed by atoms with Crippen LogP contribution in [0.5, 0.6) is 0 Å². The number of tetrazole rings is 1. The number of H-pyrrole nitrogens is 1. The molecule has 172 valence electrons. The maximum atomic E-state index is 13.6. The molecule has 0 fully saturated rings. The second-order valence-electron chi connectivity index (χ2n) is 8.53. The Labute approximate surface area is 196 Å². The number of anilines is 1. The molecule has 1 unspecified atom stereocenters. The lowest BCUT2D eigenvalue weighted by Gasteiger charge is -2.24. The van der Waals surface area contributed by atoms with Crippen molar-refractivity contribution >= 4 is 11.9 Å². The van der Waals surface area contributed by atoms with E-state index in [1.807, 2.05) is 55.5 Å². The number of carbonyl (C=O) groups excluding carboxylic acids is 1. The first-order valence-corrected chi connectivity index (χ1v) is 11.4. The highest BCUT2D eigenvalue weighted by Gasteiger charge is 2.27. The SMILES string of the molecule is CCCCc1nc2n(c(=O)c1-c1ccc(-c3ccccc3-c3nn[nH]n3)cc1)CC(C)C(=O)N2. The molecule has 9 heteroatoms. The second-order valence-corrected chi connectivity index (χ2v) is 8.53. The molecule has 2 aromatic carbocycles. The zero-order valence-corrected chi connectivity index (χ0v) is 19.1. The summed E-state index contributed by atoms with van der Waals surface area (Å²) in [6.07, 6.45) is 2.56. The van der Waals surface area contributed by atoms with Gasteiger partial charge in [-0.15, -0.1) is 10.2 Å². The molecule has 0 spiro atoms. The quantitative estimate of drug-likeness (QED) is 0.458. The fraction of sp³-hybridized carbons (Fsp3) is 0.280. The van der Waals surface area contributed by atoms with Gasteiger partial charge in [0, 0.05) is 12.1 Å². The van der Waals surface area contributed by atoms with Crippen molar-refractivity contribution in [3.05, 3.63) is 64.6 Å². The monoisotopic (exact) mass is 455 g/mol. The number of carbonyl (C=O) groups is 1. The molecule has 1 amide bonds. The van der Waals surface area contributed by atoms with Gasteiger partial charge >= 0.3 is 0 Å². The van der Waals surface area contributed by atoms with Crippen LogP contribution < -0.4 is 10.9 Å². The highest BCUT2D eigenvalue weighted by atomic mass is 16.2. The zero-order chi connectivity index (χ0) is 23.7. The van der Waals surface area contributed by atoms with Gasteiger partial charge in [-0.05, 0) is 34.7 Å². The number of aromatic nitrogens is 6. The molecular weight excluding hydrogens is 430 g/mol. The lowest BCUT2D eigenvalue weighted by molar-refractivity contribution is -0.120. The Morgan fingerprint density at radius 1 is 1.03 bits per heavy atom. The first-order valence-electron chi connectivity index (χ1n) is 11.4. The van der Waals surface area contributed by atoms with Gasteiger partial charge in [-0.2, -0.15) is 5.21 Å². The van der Waals surface area contributed by atoms with E-state index in [2.05, 4.69) is 32.9 Å². The van der Waals surface area contributed by atoms with Crippen molar-refractivity contribution in [2.75, 3.05) is 5.32 Å². The van der Waals surface area contributed by atoms with E-state index in [1.54, 1.807) is 4.57 Å². The van der Waals surface area contributed by atoms with Crippen LogP contribution in [0.1, 0.15) is 32.4 Å². The van der Waals surface area contributed by atoms with Crippen LogP contribution in [0.2, 0.25) is 0 Å². The van der Waals surface area contributed by atoms with E-state index < -0.39 is 0 Å². The number of hydrogen-bond donors (Lipinski definition) is 2. The van der Waals surface area contributed by atoms with Crippen LogP contribution in [0.15, 0.2) is 53.3 Å². The Bertz CT molecular complexity index is 1390. The molecule has 34 heavy (non-hydrogen) atoms. The normalized spacial score (nSPS) is 15.1. The standard InChI is InChI=1S/C25H25N7O2/c1-3-4-9-20-21(24(34)32-14-15(2)23(33)27-25(32)26-20)17-12-10-16(11-13-17)18-7-5-6-8-19(18)22-28-30-31-29-22/h5-8,10-13,15H,3-4,9,14H2,1-2H3,(H,26,27,33)(H,28,29,30,31). The van der Waals surface area contributed by atoms with Crippen molar-refractivity contribution in [1.29, 1.82) is 0 Å². The largest absolute Gasteiger partial charge is 0.296 e. The van der Waals surface area contributed by atoms with Crippen LogP contribution >= 0.6 is 0 Å². The third-order valence-electron chi connectivity index (χ3n) is 6.15. The summed E-state index contributed by atoms with van der Waals surface area (Å²) >= 11 is 0. The van der Waals surface area contributed by atoms with Crippen molar-refractivity contribution in [3.63, 3.8) is 0 Å². The van der Waals surface area contributed by atoms with E-state index in [0.29, 0.717) is 36.0 Å². The molecule has 2 N–H and O–H groups in total. The highest BCUT2D eigenvalue weighted by molar-refractivity contribution is 5.92. The fourth-order valence-corrected chi connectivity index (χ4v) is 4.29. The average molecular weight is 456 g/mol. The number of hydrogen-bond acceptors (Lipinski definition) is 6. The molecule has 1 aliphatic rings. The number of aryl methyl sites for hydroxylation is 1. The van der Waals surface area contributed by atoms with Gasteiger partial charge in [0.2, 0.25) is 17.7 Å². The summed E-state index contributed by atoms with van der Waals surface area (Å²) in [5.74, 6) is 0.472. The number of benzene rings is 2. The predicted molar refractivity (Wildman–Crippen MR) is 129 cm³/mol. The van der Waals surface area contributed by atoms with Gasteiger partial charge in [-0.25, -0.2) is 4.98 Å². The number of amides is 1. The van der Waals surface area contributed by atoms with Gasteiger partial charge < -0.3 is 0 Å². The van der Waals surface area contributed by atoms with Gasteiger partial charge in [-0.3, -0.25) is 19.5 Å². The summed E-state index contributed by atoms with van der Waals surface area (Å²) in [7, 11) is 0. The first kappa shape index (κ1) is 21.7. The third-order valence-corrected chi connectivity index (χ3v) is 6.15. The molecule has 0 radical (unpaired) electrons. The molecule has 0 bridgehead atoms. The Hall–Kier alpha value is -4.14. The lowest BCUT2D eigenvalue weighted by Crippen LogP contribution is -2.39. The maximum absolute atomic E-state index is 13.6. The van der Waals surface area contributed by atoms with Crippen LogP contribution in [0.4, 0.5) is 5.95 Å². The van der Waals surface area contributed by atoms with Crippen molar-refractivity contribution in [1.82, 2.24) is 30.2 Å². The van der Waals surface area contributed by atoms with Crippen molar-refractivity contribution < 1.29 is 4.79 Å². The average Bonchev–Trinajstić information content (AvgIpc) is 3.39. The number of fused-ring (bicyclic) bond motifs is 1. The smallest absolute Gasteiger partial charge is 0.263 e. The summed E-state index contributed by atoms with van der Waals surface area (Å²) in [5, 5.41) is 17.2. The van der Waals surface area contributed by atoms with Crippen LogP contribution in [0.25, 0.3) is 33.6 Å². The molecule has 3 heterocycles. The molecule has 5 rings (SSSR count). The fourth-order valence-electron chi connectivity index (χ4n) is 4.29. The predicted octanol–water partition coefficient (Wildman–Crippen LogP) is 3.69. The van der Waals surface area contributed by atoms with Gasteiger partial charge in [-0.1, -0.05) is 68.8 Å². The molecular formula is C25H25N7O2. The van der Waals surface area contributed by atoms with Crippen molar-refractivity contribution in [3.8, 4) is 33.6 Å². The van der Waals surface area contributed by atoms with E-state index in [0.717, 1.165) is 35.1 Å². The molecule has 9 nitrogen and oxygen atoms in total. The minimum Gasteiger partial charge on any atom is -0.296 e. The molecule has 0 saturated carbocycles. The summed E-state index contributed by atoms with van der Waals surface area (Å²) in [6.45, 7) is 4.24. The summed E-state index contributed by atoms with van der Waals surface area (Å²) < 4.78 is 1.58. The van der Waals surface area contributed by atoms with E-state index in [1.165, 1.54) is 0 Å². The van der Waals surface area contributed by atoms with Crippen LogP contribution in [-0.2, 0) is 17.8 Å². The second kappa shape index (κ2) is 9.01. The zero-order valence-electron chi connectivity index (χ0n) is 19.1. The Morgan fingerprint density at radius 3 is 2.47 bits per heavy atom. The van der Waals surface area contributed by atoms with Crippen molar-refractivity contribution in [2.24, 2.45) is 5.92 Å². The molecule has 1 atom stereocenters. The van der Waals surface area contributed by atoms with Crippen LogP contribution in [0.3, 0.4) is 0 Å². The minimum atomic E-state index is -0.287. The Morgan fingerprint density at radius 2 is 1.76 bits per heavy atom. The first-order chi connectivity index (χ1) is 16.6. The minimum absolute atomic E-state index is 0.106. The molecule has 2 aromatic heterocycles. The van der Waals surface area contributed by atoms with Crippen LogP contribution in [-0.4, -0.2) is 36.1 Å². The summed E-state index contributed by atoms with van der Waals surface area (Å²) in [6, 6.07) is 15.7. The Balaban J connectivity index is 1.58. The van der Waals surface area contributed by atoms with Gasteiger partial charge in [0.25, 0.3) is 5.56 Å². The summed E-state index contributed by atoms with van der Waals surface area (Å²) in [5.41, 5.74) is 4.82. The topological polar surface area (TPSA) is 118 Å². The molecule has 0 aliphatic carbocycles. The van der Waals surface area contributed by atoms with Crippen molar-refractivity contribution in [2.45, 2.75) is 39.7 Å². The third kappa shape index (κ3) is 3.89. The van der Waals surface area contributed by atoms with Crippen LogP contribution in [0, 0.1) is 5.92 Å². The number of nitrogens with one attached hydrogen (secondary N) is 2. The van der Waals surface area contributed by atoms with E-state index in [-0.39, 0.29) is 17.4 Å². The Kier molecular flexibility index (Phi) is 5.75. The van der Waals surface area contributed by atoms with E-state index in [9.17, 15) is 9.59 Å². The molecule has 0 saturated heterocycles. The number of rotatable bonds is 6. The van der Waals surface area contributed by atoms with Gasteiger partial charge in [0.05, 0.1) is 17.2 Å². The lowest BCUT2D eigenvalue weighted by atomic mass is 9.95. The van der Waals surface area contributed by atoms with Gasteiger partial charge in [0.1, 0.15) is 0 Å². The molecule has 1 aliphatic heterocycles. The number of nitrogens with zero attached hydrogens (tertiary/aromatic N) is 5. The molecule has 4 aromatic rings. The van der Waals surface area contributed by atoms with Gasteiger partial charge in [0.15, 0.2) is 0 Å². The van der Waals surface area contributed by atoms with E-state index in [4.69, 9.17) is 4.98 Å². The maximum Gasteiger partial charge on any atom is 0.263 e. The van der Waals surface area contributed by atoms with E-state index >= 15 is 0 Å².